The Morgan fingerprint density at radius 1 is 1.08 bits per heavy atom. The number of benzene rings is 2. The van der Waals surface area contributed by atoms with Gasteiger partial charge in [0.1, 0.15) is 5.75 Å². The molecule has 138 valence electrons. The van der Waals surface area contributed by atoms with Crippen molar-refractivity contribution in [3.63, 3.8) is 0 Å². The van der Waals surface area contributed by atoms with Crippen LogP contribution in [0.4, 0.5) is 5.69 Å². The predicted molar refractivity (Wildman–Crippen MR) is 104 cm³/mol. The van der Waals surface area contributed by atoms with Gasteiger partial charge in [0.25, 0.3) is 5.91 Å². The van der Waals surface area contributed by atoms with Gasteiger partial charge in [0.05, 0.1) is 17.3 Å². The maximum atomic E-state index is 12.1. The quantitative estimate of drug-likeness (QED) is 0.731. The molecule has 0 radical (unpaired) electrons. The lowest BCUT2D eigenvalue weighted by atomic mass is 10.2. The molecule has 2 aromatic rings. The second-order valence-corrected chi connectivity index (χ2v) is 6.89. The van der Waals surface area contributed by atoms with E-state index in [2.05, 4.69) is 10.6 Å². The van der Waals surface area contributed by atoms with Crippen LogP contribution in [0.1, 0.15) is 12.5 Å². The molecule has 2 aromatic carbocycles. The molecule has 0 spiro atoms. The molecule has 0 bridgehead atoms. The SMILES string of the molecule is Cc1ccc(NC(=O)CNC(=O)C(C)Oc2cc(Cl)cc(Cl)c2)c(Cl)c1. The van der Waals surface area contributed by atoms with E-state index in [1.807, 2.05) is 13.0 Å². The number of carbonyl (C=O) groups excluding carboxylic acids is 2. The van der Waals surface area contributed by atoms with Crippen LogP contribution in [0.15, 0.2) is 36.4 Å². The minimum atomic E-state index is -0.833. The zero-order chi connectivity index (χ0) is 19.3. The molecule has 0 saturated heterocycles. The van der Waals surface area contributed by atoms with Crippen molar-refractivity contribution in [1.29, 1.82) is 0 Å². The molecule has 2 amide bonds. The normalized spacial score (nSPS) is 11.6. The van der Waals surface area contributed by atoms with Gasteiger partial charge < -0.3 is 15.4 Å². The van der Waals surface area contributed by atoms with Crippen LogP contribution in [0.2, 0.25) is 15.1 Å². The number of hydrogen-bond donors (Lipinski definition) is 2. The van der Waals surface area contributed by atoms with Crippen LogP contribution in [-0.2, 0) is 9.59 Å². The first-order chi connectivity index (χ1) is 12.2. The number of carbonyl (C=O) groups is 2. The summed E-state index contributed by atoms with van der Waals surface area (Å²) in [5, 5.41) is 6.36. The van der Waals surface area contributed by atoms with Crippen molar-refractivity contribution < 1.29 is 14.3 Å². The smallest absolute Gasteiger partial charge is 0.261 e. The van der Waals surface area contributed by atoms with E-state index < -0.39 is 17.9 Å². The van der Waals surface area contributed by atoms with Crippen molar-refractivity contribution >= 4 is 52.3 Å². The van der Waals surface area contributed by atoms with Crippen LogP contribution < -0.4 is 15.4 Å². The van der Waals surface area contributed by atoms with E-state index in [9.17, 15) is 9.59 Å². The minimum absolute atomic E-state index is 0.215. The molecule has 0 heterocycles. The number of nitrogens with one attached hydrogen (secondary N) is 2. The molecule has 1 atom stereocenters. The molecule has 5 nitrogen and oxygen atoms in total. The molecule has 0 aromatic heterocycles. The third kappa shape index (κ3) is 6.09. The standard InChI is InChI=1S/C18H17Cl3N2O3/c1-10-3-4-16(15(21)5-10)23-17(24)9-22-18(25)11(2)26-14-7-12(19)6-13(20)8-14/h3-8,11H,9H2,1-2H3,(H,22,25)(H,23,24). The lowest BCUT2D eigenvalue weighted by molar-refractivity contribution is -0.129. The predicted octanol–water partition coefficient (Wildman–Crippen LogP) is 4.48. The number of ether oxygens (including phenoxy) is 1. The number of aryl methyl sites for hydroxylation is 1. The van der Waals surface area contributed by atoms with Gasteiger partial charge in [-0.2, -0.15) is 0 Å². The van der Waals surface area contributed by atoms with Gasteiger partial charge in [-0.05, 0) is 49.7 Å². The summed E-state index contributed by atoms with van der Waals surface area (Å²) in [6.45, 7) is 3.23. The summed E-state index contributed by atoms with van der Waals surface area (Å²) in [5.74, 6) is -0.491. The van der Waals surface area contributed by atoms with Gasteiger partial charge >= 0.3 is 0 Å². The molecule has 0 aliphatic carbocycles. The van der Waals surface area contributed by atoms with Gasteiger partial charge in [-0.25, -0.2) is 0 Å². The van der Waals surface area contributed by atoms with Gasteiger partial charge in [-0.15, -0.1) is 0 Å². The first-order valence-corrected chi connectivity index (χ1v) is 8.84. The molecule has 26 heavy (non-hydrogen) atoms. The van der Waals surface area contributed by atoms with Crippen LogP contribution >= 0.6 is 34.8 Å². The zero-order valence-electron chi connectivity index (χ0n) is 14.1. The lowest BCUT2D eigenvalue weighted by Crippen LogP contribution is -2.40. The summed E-state index contributed by atoms with van der Waals surface area (Å²) in [7, 11) is 0. The molecule has 2 N–H and O–H groups in total. The average molecular weight is 416 g/mol. The summed E-state index contributed by atoms with van der Waals surface area (Å²) >= 11 is 17.8. The van der Waals surface area contributed by atoms with E-state index in [0.29, 0.717) is 26.5 Å². The molecule has 1 unspecified atom stereocenters. The Bertz CT molecular complexity index is 807. The zero-order valence-corrected chi connectivity index (χ0v) is 16.4. The Labute approximate surface area is 166 Å². The van der Waals surface area contributed by atoms with Gasteiger partial charge in [0.15, 0.2) is 6.10 Å². The Morgan fingerprint density at radius 3 is 2.35 bits per heavy atom. The number of amides is 2. The van der Waals surface area contributed by atoms with Crippen molar-refractivity contribution in [2.24, 2.45) is 0 Å². The number of hydrogen-bond acceptors (Lipinski definition) is 3. The summed E-state index contributed by atoms with van der Waals surface area (Å²) in [6, 6.07) is 9.91. The fraction of sp³-hybridized carbons (Fsp3) is 0.222. The van der Waals surface area contributed by atoms with Crippen LogP contribution in [-0.4, -0.2) is 24.5 Å². The van der Waals surface area contributed by atoms with E-state index in [1.165, 1.54) is 0 Å². The van der Waals surface area contributed by atoms with Gasteiger partial charge in [-0.3, -0.25) is 9.59 Å². The maximum absolute atomic E-state index is 12.1. The van der Waals surface area contributed by atoms with E-state index in [0.717, 1.165) is 5.56 Å². The second kappa shape index (κ2) is 9.12. The van der Waals surface area contributed by atoms with Crippen LogP contribution in [0.3, 0.4) is 0 Å². The summed E-state index contributed by atoms with van der Waals surface area (Å²) in [5.41, 5.74) is 1.46. The molecule has 0 aliphatic heterocycles. The summed E-state index contributed by atoms with van der Waals surface area (Å²) < 4.78 is 5.49. The third-order valence-corrected chi connectivity index (χ3v) is 4.09. The average Bonchev–Trinajstić information content (AvgIpc) is 2.54. The molecule has 0 aliphatic rings. The van der Waals surface area contributed by atoms with E-state index >= 15 is 0 Å². The molecular formula is C18H17Cl3N2O3. The first-order valence-electron chi connectivity index (χ1n) is 7.71. The molecule has 8 heteroatoms. The Kier molecular flexibility index (Phi) is 7.14. The highest BCUT2D eigenvalue weighted by molar-refractivity contribution is 6.35. The largest absolute Gasteiger partial charge is 0.481 e. The van der Waals surface area contributed by atoms with Crippen molar-refractivity contribution in [1.82, 2.24) is 5.32 Å². The van der Waals surface area contributed by atoms with Crippen molar-refractivity contribution in [2.75, 3.05) is 11.9 Å². The molecule has 0 fully saturated rings. The number of halogens is 3. The fourth-order valence-electron chi connectivity index (χ4n) is 2.08. The van der Waals surface area contributed by atoms with Gasteiger partial charge in [-0.1, -0.05) is 40.9 Å². The number of rotatable bonds is 6. The van der Waals surface area contributed by atoms with E-state index in [-0.39, 0.29) is 6.54 Å². The highest BCUT2D eigenvalue weighted by Gasteiger charge is 2.16. The Hall–Kier alpha value is -1.95. The highest BCUT2D eigenvalue weighted by Crippen LogP contribution is 2.25. The van der Waals surface area contributed by atoms with Gasteiger partial charge in [0, 0.05) is 10.0 Å². The maximum Gasteiger partial charge on any atom is 0.261 e. The number of anilines is 1. The molecular weight excluding hydrogens is 399 g/mol. The third-order valence-electron chi connectivity index (χ3n) is 3.34. The van der Waals surface area contributed by atoms with Gasteiger partial charge in [0.2, 0.25) is 5.91 Å². The topological polar surface area (TPSA) is 67.4 Å². The van der Waals surface area contributed by atoms with Crippen LogP contribution in [0.25, 0.3) is 0 Å². The minimum Gasteiger partial charge on any atom is -0.481 e. The Morgan fingerprint density at radius 2 is 1.73 bits per heavy atom. The van der Waals surface area contributed by atoms with E-state index in [1.54, 1.807) is 37.3 Å². The fourth-order valence-corrected chi connectivity index (χ4v) is 2.87. The lowest BCUT2D eigenvalue weighted by Gasteiger charge is -2.15. The van der Waals surface area contributed by atoms with E-state index in [4.69, 9.17) is 39.5 Å². The van der Waals surface area contributed by atoms with Crippen LogP contribution in [0.5, 0.6) is 5.75 Å². The highest BCUT2D eigenvalue weighted by atomic mass is 35.5. The molecule has 0 saturated carbocycles. The molecule has 2 rings (SSSR count). The Balaban J connectivity index is 1.85. The summed E-state index contributed by atoms with van der Waals surface area (Å²) in [6.07, 6.45) is -0.833. The van der Waals surface area contributed by atoms with Crippen molar-refractivity contribution in [3.8, 4) is 5.75 Å². The summed E-state index contributed by atoms with van der Waals surface area (Å²) in [4.78, 5) is 24.0. The monoisotopic (exact) mass is 414 g/mol. The van der Waals surface area contributed by atoms with Crippen LogP contribution in [0, 0.1) is 6.92 Å². The van der Waals surface area contributed by atoms with Crippen molar-refractivity contribution in [2.45, 2.75) is 20.0 Å². The van der Waals surface area contributed by atoms with Crippen molar-refractivity contribution in [3.05, 3.63) is 57.0 Å². The first kappa shape index (κ1) is 20.4. The second-order valence-electron chi connectivity index (χ2n) is 5.61.